The van der Waals surface area contributed by atoms with Crippen molar-refractivity contribution in [3.05, 3.63) is 70.8 Å². The average Bonchev–Trinajstić information content (AvgIpc) is 2.72. The first-order valence-corrected chi connectivity index (χ1v) is 9.17. The molecule has 0 radical (unpaired) electrons. The summed E-state index contributed by atoms with van der Waals surface area (Å²) in [6, 6.07) is 14.2. The number of carbonyl (C=O) groups excluding carboxylic acids is 3. The number of Topliss-reactive ketones (excluding diaryl/α,β-unsaturated/α-hetero) is 1. The van der Waals surface area contributed by atoms with Gasteiger partial charge in [0.25, 0.3) is 0 Å². The maximum Gasteiger partial charge on any atom is 0.410 e. The van der Waals surface area contributed by atoms with Crippen molar-refractivity contribution >= 4 is 17.8 Å². The fourth-order valence-corrected chi connectivity index (χ4v) is 3.42. The zero-order valence-corrected chi connectivity index (χ0v) is 16.0. The number of likely N-dealkylation sites (tertiary alicyclic amines) is 1. The van der Waals surface area contributed by atoms with Crippen LogP contribution in [-0.4, -0.2) is 36.4 Å². The second kappa shape index (κ2) is 8.69. The fourth-order valence-electron chi connectivity index (χ4n) is 3.42. The van der Waals surface area contributed by atoms with Crippen LogP contribution in [0.4, 0.5) is 4.79 Å². The molecule has 1 aliphatic rings. The monoisotopic (exact) mass is 381 g/mol. The number of benzene rings is 2. The van der Waals surface area contributed by atoms with Crippen LogP contribution in [0.1, 0.15) is 45.9 Å². The Morgan fingerprint density at radius 2 is 1.89 bits per heavy atom. The standard InChI is InChI=1S/C22H23NO5/c1-15-12-17(21(25)27-2)8-9-19(15)20-13-18(24)10-11-23(20)22(26)28-14-16-6-4-3-5-7-16/h3-9,12,20H,10-11,13-14H2,1-2H3/t20-/m0/s1. The molecule has 1 saturated heterocycles. The predicted octanol–water partition coefficient (Wildman–Crippen LogP) is 3.82. The Kier molecular flexibility index (Phi) is 6.09. The molecule has 0 aromatic heterocycles. The number of hydrogen-bond donors (Lipinski definition) is 0. The summed E-state index contributed by atoms with van der Waals surface area (Å²) in [6.45, 7) is 2.35. The van der Waals surface area contributed by atoms with Gasteiger partial charge in [-0.3, -0.25) is 4.79 Å². The summed E-state index contributed by atoms with van der Waals surface area (Å²) in [5.74, 6) is -0.318. The quantitative estimate of drug-likeness (QED) is 0.753. The smallest absolute Gasteiger partial charge is 0.410 e. The molecule has 1 fully saturated rings. The first-order chi connectivity index (χ1) is 13.5. The molecule has 0 bridgehead atoms. The van der Waals surface area contributed by atoms with Crippen molar-refractivity contribution in [2.45, 2.75) is 32.4 Å². The van der Waals surface area contributed by atoms with Crippen LogP contribution in [0.5, 0.6) is 0 Å². The van der Waals surface area contributed by atoms with Gasteiger partial charge in [-0.1, -0.05) is 36.4 Å². The van der Waals surface area contributed by atoms with Gasteiger partial charge in [0.15, 0.2) is 0 Å². The zero-order chi connectivity index (χ0) is 20.1. The molecule has 6 heteroatoms. The molecule has 2 aromatic carbocycles. The summed E-state index contributed by atoms with van der Waals surface area (Å²) >= 11 is 0. The van der Waals surface area contributed by atoms with E-state index < -0.39 is 18.1 Å². The molecule has 1 atom stereocenters. The van der Waals surface area contributed by atoms with Crippen molar-refractivity contribution < 1.29 is 23.9 Å². The van der Waals surface area contributed by atoms with Crippen molar-refractivity contribution in [2.75, 3.05) is 13.7 Å². The molecular formula is C22H23NO5. The summed E-state index contributed by atoms with van der Waals surface area (Å²) in [6.07, 6.45) is 0.104. The number of esters is 1. The van der Waals surface area contributed by atoms with Crippen molar-refractivity contribution in [2.24, 2.45) is 0 Å². The molecule has 2 aromatic rings. The van der Waals surface area contributed by atoms with Crippen LogP contribution in [0, 0.1) is 6.92 Å². The van der Waals surface area contributed by atoms with E-state index in [-0.39, 0.29) is 18.8 Å². The average molecular weight is 381 g/mol. The van der Waals surface area contributed by atoms with E-state index in [4.69, 9.17) is 9.47 Å². The SMILES string of the molecule is COC(=O)c1ccc([C@@H]2CC(=O)CCN2C(=O)OCc2ccccc2)c(C)c1. The van der Waals surface area contributed by atoms with Crippen molar-refractivity contribution in [1.29, 1.82) is 0 Å². The molecule has 28 heavy (non-hydrogen) atoms. The van der Waals surface area contributed by atoms with Crippen LogP contribution in [0.25, 0.3) is 0 Å². The van der Waals surface area contributed by atoms with E-state index in [1.54, 1.807) is 23.1 Å². The minimum atomic E-state index is -0.446. The van der Waals surface area contributed by atoms with Crippen LogP contribution in [0.2, 0.25) is 0 Å². The molecule has 0 aliphatic carbocycles. The van der Waals surface area contributed by atoms with E-state index >= 15 is 0 Å². The Balaban J connectivity index is 1.79. The number of amides is 1. The Morgan fingerprint density at radius 3 is 2.57 bits per heavy atom. The Hall–Kier alpha value is -3.15. The van der Waals surface area contributed by atoms with E-state index in [1.165, 1.54) is 7.11 Å². The van der Waals surface area contributed by atoms with Gasteiger partial charge >= 0.3 is 12.1 Å². The van der Waals surface area contributed by atoms with Gasteiger partial charge in [-0.25, -0.2) is 9.59 Å². The summed E-state index contributed by atoms with van der Waals surface area (Å²) in [4.78, 5) is 38.1. The van der Waals surface area contributed by atoms with Gasteiger partial charge in [-0.2, -0.15) is 0 Å². The highest BCUT2D eigenvalue weighted by atomic mass is 16.6. The van der Waals surface area contributed by atoms with Gasteiger partial charge < -0.3 is 14.4 Å². The van der Waals surface area contributed by atoms with E-state index in [1.807, 2.05) is 37.3 Å². The third-order valence-electron chi connectivity index (χ3n) is 4.92. The minimum Gasteiger partial charge on any atom is -0.465 e. The molecule has 0 unspecified atom stereocenters. The van der Waals surface area contributed by atoms with Gasteiger partial charge in [0, 0.05) is 19.4 Å². The molecule has 6 nitrogen and oxygen atoms in total. The molecule has 0 saturated carbocycles. The predicted molar refractivity (Wildman–Crippen MR) is 103 cm³/mol. The molecule has 3 rings (SSSR count). The number of ketones is 1. The topological polar surface area (TPSA) is 72.9 Å². The van der Waals surface area contributed by atoms with Crippen LogP contribution in [-0.2, 0) is 20.9 Å². The molecule has 146 valence electrons. The number of rotatable bonds is 4. The van der Waals surface area contributed by atoms with Gasteiger partial charge in [0.05, 0.1) is 18.7 Å². The Labute approximate surface area is 164 Å². The van der Waals surface area contributed by atoms with E-state index in [0.29, 0.717) is 18.5 Å². The Bertz CT molecular complexity index is 878. The third kappa shape index (κ3) is 4.39. The van der Waals surface area contributed by atoms with E-state index in [0.717, 1.165) is 16.7 Å². The summed E-state index contributed by atoms with van der Waals surface area (Å²) in [5, 5.41) is 0. The summed E-state index contributed by atoms with van der Waals surface area (Å²) < 4.78 is 10.2. The molecule has 0 N–H and O–H groups in total. The van der Waals surface area contributed by atoms with E-state index in [2.05, 4.69) is 0 Å². The van der Waals surface area contributed by atoms with Gasteiger partial charge in [0.2, 0.25) is 0 Å². The second-order valence-corrected chi connectivity index (χ2v) is 6.81. The van der Waals surface area contributed by atoms with E-state index in [9.17, 15) is 14.4 Å². The van der Waals surface area contributed by atoms with Gasteiger partial charge in [0.1, 0.15) is 12.4 Å². The first kappa shape index (κ1) is 19.6. The third-order valence-corrected chi connectivity index (χ3v) is 4.92. The van der Waals surface area contributed by atoms with Gasteiger partial charge in [-0.05, 0) is 35.7 Å². The lowest BCUT2D eigenvalue weighted by molar-refractivity contribution is -0.122. The van der Waals surface area contributed by atoms with Crippen molar-refractivity contribution in [3.63, 3.8) is 0 Å². The zero-order valence-electron chi connectivity index (χ0n) is 16.0. The molecule has 1 heterocycles. The van der Waals surface area contributed by atoms with Crippen LogP contribution < -0.4 is 0 Å². The van der Waals surface area contributed by atoms with Gasteiger partial charge in [-0.15, -0.1) is 0 Å². The number of nitrogens with zero attached hydrogens (tertiary/aromatic N) is 1. The molecule has 0 spiro atoms. The minimum absolute atomic E-state index is 0.105. The molecule has 1 aliphatic heterocycles. The highest BCUT2D eigenvalue weighted by Gasteiger charge is 2.33. The lowest BCUT2D eigenvalue weighted by atomic mass is 9.91. The summed E-state index contributed by atoms with van der Waals surface area (Å²) in [5.41, 5.74) is 2.99. The largest absolute Gasteiger partial charge is 0.465 e. The number of ether oxygens (including phenoxy) is 2. The lowest BCUT2D eigenvalue weighted by Crippen LogP contribution is -2.41. The number of piperidine rings is 1. The number of aryl methyl sites for hydroxylation is 1. The maximum atomic E-state index is 12.7. The second-order valence-electron chi connectivity index (χ2n) is 6.81. The normalized spacial score (nSPS) is 16.6. The highest BCUT2D eigenvalue weighted by molar-refractivity contribution is 5.89. The van der Waals surface area contributed by atoms with Crippen LogP contribution >= 0.6 is 0 Å². The summed E-state index contributed by atoms with van der Waals surface area (Å²) in [7, 11) is 1.33. The maximum absolute atomic E-state index is 12.7. The van der Waals surface area contributed by atoms with Crippen LogP contribution in [0.15, 0.2) is 48.5 Å². The molecule has 1 amide bonds. The van der Waals surface area contributed by atoms with Crippen molar-refractivity contribution in [3.8, 4) is 0 Å². The Morgan fingerprint density at radius 1 is 1.14 bits per heavy atom. The lowest BCUT2D eigenvalue weighted by Gasteiger charge is -2.35. The molecular weight excluding hydrogens is 358 g/mol. The number of methoxy groups -OCH3 is 1. The van der Waals surface area contributed by atoms with Crippen molar-refractivity contribution in [1.82, 2.24) is 4.90 Å². The fraction of sp³-hybridized carbons (Fsp3) is 0.318. The highest BCUT2D eigenvalue weighted by Crippen LogP contribution is 2.32. The number of hydrogen-bond acceptors (Lipinski definition) is 5. The van der Waals surface area contributed by atoms with Crippen LogP contribution in [0.3, 0.4) is 0 Å². The number of carbonyl (C=O) groups is 3. The first-order valence-electron chi connectivity index (χ1n) is 9.17.